The standard InChI is InChI=1S/C12H23N/c1-3-4-5-6-7-8-9-10-11-12-13-2/h3-12H2,1H3. The second-order valence-corrected chi connectivity index (χ2v) is 3.71. The fourth-order valence-corrected chi connectivity index (χ4v) is 1.50. The van der Waals surface area contributed by atoms with Crippen LogP contribution < -0.4 is 0 Å². The lowest BCUT2D eigenvalue weighted by molar-refractivity contribution is 0.571. The van der Waals surface area contributed by atoms with Crippen LogP contribution in [0.4, 0.5) is 0 Å². The van der Waals surface area contributed by atoms with E-state index in [4.69, 9.17) is 6.57 Å². The summed E-state index contributed by atoms with van der Waals surface area (Å²) >= 11 is 0. The van der Waals surface area contributed by atoms with Crippen LogP contribution in [0.2, 0.25) is 0 Å². The van der Waals surface area contributed by atoms with Gasteiger partial charge < -0.3 is 4.85 Å². The Morgan fingerprint density at radius 1 is 0.769 bits per heavy atom. The van der Waals surface area contributed by atoms with Gasteiger partial charge in [-0.2, -0.15) is 0 Å². The van der Waals surface area contributed by atoms with E-state index in [1.807, 2.05) is 0 Å². The lowest BCUT2D eigenvalue weighted by Crippen LogP contribution is -1.82. The van der Waals surface area contributed by atoms with Crippen molar-refractivity contribution in [1.82, 2.24) is 0 Å². The van der Waals surface area contributed by atoms with Crippen LogP contribution in [-0.4, -0.2) is 6.54 Å². The molecule has 13 heavy (non-hydrogen) atoms. The van der Waals surface area contributed by atoms with Crippen molar-refractivity contribution in [3.63, 3.8) is 0 Å². The second-order valence-electron chi connectivity index (χ2n) is 3.71. The Morgan fingerprint density at radius 3 is 1.69 bits per heavy atom. The minimum absolute atomic E-state index is 0.732. The molecule has 0 aromatic carbocycles. The topological polar surface area (TPSA) is 4.36 Å². The van der Waals surface area contributed by atoms with Gasteiger partial charge in [-0.1, -0.05) is 51.9 Å². The molecule has 0 saturated carbocycles. The fourth-order valence-electron chi connectivity index (χ4n) is 1.50. The molecule has 0 aliphatic rings. The molecule has 0 bridgehead atoms. The van der Waals surface area contributed by atoms with Gasteiger partial charge >= 0.3 is 0 Å². The Morgan fingerprint density at radius 2 is 1.23 bits per heavy atom. The number of unbranched alkanes of at least 4 members (excludes halogenated alkanes) is 8. The number of nitrogens with zero attached hydrogens (tertiary/aromatic N) is 1. The van der Waals surface area contributed by atoms with Crippen LogP contribution in [0.5, 0.6) is 0 Å². The molecule has 0 radical (unpaired) electrons. The van der Waals surface area contributed by atoms with E-state index < -0.39 is 0 Å². The van der Waals surface area contributed by atoms with E-state index in [1.54, 1.807) is 0 Å². The van der Waals surface area contributed by atoms with Crippen LogP contribution in [0.15, 0.2) is 0 Å². The normalized spacial score (nSPS) is 9.85. The van der Waals surface area contributed by atoms with Crippen molar-refractivity contribution in [3.05, 3.63) is 11.4 Å². The monoisotopic (exact) mass is 181 g/mol. The highest BCUT2D eigenvalue weighted by molar-refractivity contribution is 4.57. The maximum Gasteiger partial charge on any atom is 0.214 e. The fraction of sp³-hybridized carbons (Fsp3) is 0.917. The molecule has 0 saturated heterocycles. The quantitative estimate of drug-likeness (QED) is 0.366. The Hall–Kier alpha value is -0.510. The van der Waals surface area contributed by atoms with Crippen molar-refractivity contribution in [1.29, 1.82) is 0 Å². The van der Waals surface area contributed by atoms with Crippen molar-refractivity contribution in [2.24, 2.45) is 0 Å². The third-order valence-corrected chi connectivity index (χ3v) is 2.37. The van der Waals surface area contributed by atoms with E-state index in [-0.39, 0.29) is 0 Å². The minimum atomic E-state index is 0.732. The number of rotatable bonds is 9. The average molecular weight is 181 g/mol. The Kier molecular flexibility index (Phi) is 11.0. The number of hydrogen-bond donors (Lipinski definition) is 0. The van der Waals surface area contributed by atoms with Gasteiger partial charge in [-0.05, 0) is 6.42 Å². The van der Waals surface area contributed by atoms with E-state index in [2.05, 4.69) is 11.8 Å². The molecule has 0 fully saturated rings. The molecule has 0 amide bonds. The molecule has 0 N–H and O–H groups in total. The lowest BCUT2D eigenvalue weighted by atomic mass is 10.1. The summed E-state index contributed by atoms with van der Waals surface area (Å²) in [6.07, 6.45) is 12.0. The van der Waals surface area contributed by atoms with E-state index in [0.717, 1.165) is 13.0 Å². The highest BCUT2D eigenvalue weighted by Crippen LogP contribution is 2.09. The molecule has 0 spiro atoms. The van der Waals surface area contributed by atoms with E-state index in [9.17, 15) is 0 Å². The van der Waals surface area contributed by atoms with Crippen LogP contribution in [0.3, 0.4) is 0 Å². The Balaban J connectivity index is 2.80. The van der Waals surface area contributed by atoms with Gasteiger partial charge in [0.25, 0.3) is 0 Å². The zero-order valence-electron chi connectivity index (χ0n) is 9.02. The third kappa shape index (κ3) is 11.5. The molecule has 0 aromatic rings. The smallest absolute Gasteiger partial charge is 0.214 e. The summed E-state index contributed by atoms with van der Waals surface area (Å²) in [5.74, 6) is 0. The first-order valence-corrected chi connectivity index (χ1v) is 5.75. The summed E-state index contributed by atoms with van der Waals surface area (Å²) in [7, 11) is 0. The molecule has 0 heterocycles. The van der Waals surface area contributed by atoms with Crippen molar-refractivity contribution in [2.75, 3.05) is 6.54 Å². The van der Waals surface area contributed by atoms with Crippen molar-refractivity contribution < 1.29 is 0 Å². The van der Waals surface area contributed by atoms with Gasteiger partial charge in [-0.15, -0.1) is 0 Å². The molecule has 0 aromatic heterocycles. The van der Waals surface area contributed by atoms with Gasteiger partial charge in [0.15, 0.2) is 0 Å². The highest BCUT2D eigenvalue weighted by Gasteiger charge is 1.92. The van der Waals surface area contributed by atoms with Crippen LogP contribution >= 0.6 is 0 Å². The first-order valence-electron chi connectivity index (χ1n) is 5.75. The zero-order chi connectivity index (χ0) is 9.78. The molecule has 76 valence electrons. The van der Waals surface area contributed by atoms with Gasteiger partial charge in [0.1, 0.15) is 0 Å². The first-order chi connectivity index (χ1) is 6.41. The Labute approximate surface area is 83.4 Å². The van der Waals surface area contributed by atoms with E-state index >= 15 is 0 Å². The molecule has 1 nitrogen and oxygen atoms in total. The molecule has 0 atom stereocenters. The molecule has 0 aliphatic carbocycles. The maximum absolute atomic E-state index is 6.62. The number of hydrogen-bond acceptors (Lipinski definition) is 0. The SMILES string of the molecule is [C-]#[N+]CCCCCCCCCCC. The minimum Gasteiger partial charge on any atom is -0.317 e. The highest BCUT2D eigenvalue weighted by atomic mass is 14.6. The largest absolute Gasteiger partial charge is 0.317 e. The van der Waals surface area contributed by atoms with Gasteiger partial charge in [-0.25, -0.2) is 6.57 Å². The van der Waals surface area contributed by atoms with Crippen LogP contribution in [-0.2, 0) is 0 Å². The summed E-state index contributed by atoms with van der Waals surface area (Å²) in [5.41, 5.74) is 0. The van der Waals surface area contributed by atoms with Crippen LogP contribution in [0, 0.1) is 6.57 Å². The van der Waals surface area contributed by atoms with Crippen LogP contribution in [0.25, 0.3) is 4.85 Å². The van der Waals surface area contributed by atoms with Crippen molar-refractivity contribution >= 4 is 0 Å². The Bertz CT molecular complexity index is 124. The lowest BCUT2D eigenvalue weighted by Gasteiger charge is -1.99. The molecule has 0 unspecified atom stereocenters. The van der Waals surface area contributed by atoms with E-state index in [1.165, 1.54) is 51.4 Å². The van der Waals surface area contributed by atoms with Gasteiger partial charge in [0.2, 0.25) is 6.54 Å². The summed E-state index contributed by atoms with van der Waals surface area (Å²) in [6.45, 7) is 9.61. The zero-order valence-corrected chi connectivity index (χ0v) is 9.02. The molecular formula is C12H23N. The van der Waals surface area contributed by atoms with Gasteiger partial charge in [0.05, 0.1) is 0 Å². The first kappa shape index (κ1) is 12.5. The molecule has 0 rings (SSSR count). The van der Waals surface area contributed by atoms with E-state index in [0.29, 0.717) is 0 Å². The summed E-state index contributed by atoms with van der Waals surface area (Å²) in [5, 5.41) is 0. The molecule has 1 heteroatoms. The predicted octanol–water partition coefficient (Wildman–Crippen LogP) is 4.44. The summed E-state index contributed by atoms with van der Waals surface area (Å²) in [6, 6.07) is 0. The predicted molar refractivity (Wildman–Crippen MR) is 58.7 cm³/mol. The van der Waals surface area contributed by atoms with Gasteiger partial charge in [-0.3, -0.25) is 0 Å². The summed E-state index contributed by atoms with van der Waals surface area (Å²) < 4.78 is 0. The van der Waals surface area contributed by atoms with Crippen LogP contribution in [0.1, 0.15) is 64.7 Å². The van der Waals surface area contributed by atoms with Gasteiger partial charge in [0, 0.05) is 6.42 Å². The average Bonchev–Trinajstić information content (AvgIpc) is 2.16. The maximum atomic E-state index is 6.62. The molecule has 0 aliphatic heterocycles. The van der Waals surface area contributed by atoms with Crippen molar-refractivity contribution in [2.45, 2.75) is 64.7 Å². The second kappa shape index (κ2) is 11.5. The van der Waals surface area contributed by atoms with Crippen molar-refractivity contribution in [3.8, 4) is 0 Å². The third-order valence-electron chi connectivity index (χ3n) is 2.37. The molecular weight excluding hydrogens is 158 g/mol. The summed E-state index contributed by atoms with van der Waals surface area (Å²) in [4.78, 5) is 3.34.